The highest BCUT2D eigenvalue weighted by atomic mass is 16.5. The SMILES string of the molecule is COC(=O)c1cc(OC2CC2)c2nnc(C)cc2c1. The van der Waals surface area contributed by atoms with Crippen molar-refractivity contribution in [2.24, 2.45) is 0 Å². The molecule has 3 rings (SSSR count). The van der Waals surface area contributed by atoms with Gasteiger partial charge in [0.1, 0.15) is 11.3 Å². The fourth-order valence-corrected chi connectivity index (χ4v) is 1.92. The van der Waals surface area contributed by atoms with Gasteiger partial charge >= 0.3 is 5.97 Å². The smallest absolute Gasteiger partial charge is 0.338 e. The number of carbonyl (C=O) groups excluding carboxylic acids is 1. The van der Waals surface area contributed by atoms with E-state index in [-0.39, 0.29) is 12.1 Å². The van der Waals surface area contributed by atoms with Crippen molar-refractivity contribution in [3.05, 3.63) is 29.5 Å². The molecule has 1 saturated carbocycles. The lowest BCUT2D eigenvalue weighted by Gasteiger charge is -2.09. The van der Waals surface area contributed by atoms with Gasteiger partial charge in [-0.05, 0) is 38.0 Å². The summed E-state index contributed by atoms with van der Waals surface area (Å²) in [6.07, 6.45) is 2.33. The van der Waals surface area contributed by atoms with E-state index in [0.29, 0.717) is 16.8 Å². The summed E-state index contributed by atoms with van der Waals surface area (Å²) in [7, 11) is 1.37. The van der Waals surface area contributed by atoms with Gasteiger partial charge in [0, 0.05) is 5.39 Å². The molecule has 0 N–H and O–H groups in total. The van der Waals surface area contributed by atoms with Crippen LogP contribution in [0.3, 0.4) is 0 Å². The van der Waals surface area contributed by atoms with Crippen molar-refractivity contribution in [2.45, 2.75) is 25.9 Å². The quantitative estimate of drug-likeness (QED) is 0.790. The van der Waals surface area contributed by atoms with Crippen molar-refractivity contribution >= 4 is 16.9 Å². The normalized spacial score (nSPS) is 14.4. The van der Waals surface area contributed by atoms with Crippen molar-refractivity contribution in [1.29, 1.82) is 0 Å². The van der Waals surface area contributed by atoms with E-state index in [2.05, 4.69) is 10.2 Å². The second kappa shape index (κ2) is 4.50. The van der Waals surface area contributed by atoms with Crippen LogP contribution < -0.4 is 4.74 Å². The number of carbonyl (C=O) groups is 1. The predicted octanol–water partition coefficient (Wildman–Crippen LogP) is 2.27. The Morgan fingerprint density at radius 1 is 1.26 bits per heavy atom. The highest BCUT2D eigenvalue weighted by Crippen LogP contribution is 2.32. The van der Waals surface area contributed by atoms with Gasteiger partial charge < -0.3 is 9.47 Å². The second-order valence-corrected chi connectivity index (χ2v) is 4.71. The van der Waals surface area contributed by atoms with Gasteiger partial charge in [-0.1, -0.05) is 0 Å². The van der Waals surface area contributed by atoms with Crippen molar-refractivity contribution in [1.82, 2.24) is 10.2 Å². The van der Waals surface area contributed by atoms with Crippen LogP contribution in [0.15, 0.2) is 18.2 Å². The molecule has 0 bridgehead atoms. The molecule has 5 heteroatoms. The number of ether oxygens (including phenoxy) is 2. The van der Waals surface area contributed by atoms with Crippen LogP contribution >= 0.6 is 0 Å². The number of methoxy groups -OCH3 is 1. The van der Waals surface area contributed by atoms with E-state index in [1.165, 1.54) is 7.11 Å². The van der Waals surface area contributed by atoms with Crippen LogP contribution in [0, 0.1) is 6.92 Å². The van der Waals surface area contributed by atoms with Gasteiger partial charge in [-0.25, -0.2) is 4.79 Å². The molecule has 0 spiro atoms. The minimum Gasteiger partial charge on any atom is -0.488 e. The van der Waals surface area contributed by atoms with E-state index >= 15 is 0 Å². The zero-order valence-electron chi connectivity index (χ0n) is 10.8. The number of hydrogen-bond donors (Lipinski definition) is 0. The lowest BCUT2D eigenvalue weighted by atomic mass is 10.1. The molecule has 1 fully saturated rings. The third-order valence-electron chi connectivity index (χ3n) is 3.02. The molecule has 1 aromatic heterocycles. The van der Waals surface area contributed by atoms with Gasteiger partial charge in [0.15, 0.2) is 0 Å². The lowest BCUT2D eigenvalue weighted by molar-refractivity contribution is 0.0600. The van der Waals surface area contributed by atoms with Gasteiger partial charge in [0.2, 0.25) is 0 Å². The fourth-order valence-electron chi connectivity index (χ4n) is 1.92. The first-order valence-corrected chi connectivity index (χ1v) is 6.20. The summed E-state index contributed by atoms with van der Waals surface area (Å²) in [5, 5.41) is 9.04. The van der Waals surface area contributed by atoms with Crippen molar-refractivity contribution < 1.29 is 14.3 Å². The number of rotatable bonds is 3. The Morgan fingerprint density at radius 2 is 2.05 bits per heavy atom. The molecule has 1 aliphatic carbocycles. The molecule has 0 unspecified atom stereocenters. The Labute approximate surface area is 110 Å². The van der Waals surface area contributed by atoms with Crippen molar-refractivity contribution in [3.63, 3.8) is 0 Å². The topological polar surface area (TPSA) is 61.3 Å². The molecule has 0 radical (unpaired) electrons. The van der Waals surface area contributed by atoms with Crippen molar-refractivity contribution in [2.75, 3.05) is 7.11 Å². The molecule has 1 aromatic carbocycles. The molecule has 0 amide bonds. The molecular formula is C14H14N2O3. The third kappa shape index (κ3) is 2.36. The first-order chi connectivity index (χ1) is 9.17. The van der Waals surface area contributed by atoms with Crippen LogP contribution in [0.5, 0.6) is 5.75 Å². The zero-order chi connectivity index (χ0) is 13.4. The van der Waals surface area contributed by atoms with Crippen LogP contribution in [-0.4, -0.2) is 29.4 Å². The first kappa shape index (κ1) is 11.9. The average molecular weight is 258 g/mol. The van der Waals surface area contributed by atoms with Gasteiger partial charge in [-0.3, -0.25) is 0 Å². The number of fused-ring (bicyclic) bond motifs is 1. The van der Waals surface area contributed by atoms with Crippen LogP contribution in [0.1, 0.15) is 28.9 Å². The van der Waals surface area contributed by atoms with E-state index in [4.69, 9.17) is 9.47 Å². The van der Waals surface area contributed by atoms with Gasteiger partial charge in [-0.15, -0.1) is 5.10 Å². The Hall–Kier alpha value is -2.17. The van der Waals surface area contributed by atoms with Gasteiger partial charge in [0.25, 0.3) is 0 Å². The molecule has 0 aliphatic heterocycles. The number of aryl methyl sites for hydroxylation is 1. The zero-order valence-corrected chi connectivity index (χ0v) is 10.8. The fraction of sp³-hybridized carbons (Fsp3) is 0.357. The molecule has 98 valence electrons. The maximum absolute atomic E-state index is 11.7. The Bertz CT molecular complexity index is 650. The molecule has 5 nitrogen and oxygen atoms in total. The Kier molecular flexibility index (Phi) is 2.81. The highest BCUT2D eigenvalue weighted by molar-refractivity contribution is 5.96. The minimum absolute atomic E-state index is 0.235. The van der Waals surface area contributed by atoms with E-state index in [1.54, 1.807) is 12.1 Å². The lowest BCUT2D eigenvalue weighted by Crippen LogP contribution is -2.05. The monoisotopic (exact) mass is 258 g/mol. The number of benzene rings is 1. The minimum atomic E-state index is -0.378. The summed E-state index contributed by atoms with van der Waals surface area (Å²) in [5.74, 6) is 0.227. The van der Waals surface area contributed by atoms with Crippen LogP contribution in [0.4, 0.5) is 0 Å². The summed E-state index contributed by atoms with van der Waals surface area (Å²) < 4.78 is 10.6. The summed E-state index contributed by atoms with van der Waals surface area (Å²) in [6.45, 7) is 1.86. The van der Waals surface area contributed by atoms with Crippen molar-refractivity contribution in [3.8, 4) is 5.75 Å². The first-order valence-electron chi connectivity index (χ1n) is 6.20. The van der Waals surface area contributed by atoms with E-state index < -0.39 is 0 Å². The largest absolute Gasteiger partial charge is 0.488 e. The Morgan fingerprint density at radius 3 is 2.74 bits per heavy atom. The second-order valence-electron chi connectivity index (χ2n) is 4.71. The van der Waals surface area contributed by atoms with Gasteiger partial charge in [-0.2, -0.15) is 5.10 Å². The molecule has 0 saturated heterocycles. The number of aromatic nitrogens is 2. The number of esters is 1. The van der Waals surface area contributed by atoms with E-state index in [1.807, 2.05) is 13.0 Å². The molecule has 19 heavy (non-hydrogen) atoms. The number of nitrogens with zero attached hydrogens (tertiary/aromatic N) is 2. The highest BCUT2D eigenvalue weighted by Gasteiger charge is 2.25. The summed E-state index contributed by atoms with van der Waals surface area (Å²) in [4.78, 5) is 11.7. The molecule has 1 heterocycles. The van der Waals surface area contributed by atoms with Crippen LogP contribution in [0.25, 0.3) is 10.9 Å². The van der Waals surface area contributed by atoms with E-state index in [9.17, 15) is 4.79 Å². The molecule has 1 aliphatic rings. The third-order valence-corrected chi connectivity index (χ3v) is 3.02. The molecular weight excluding hydrogens is 244 g/mol. The Balaban J connectivity index is 2.15. The predicted molar refractivity (Wildman–Crippen MR) is 69.3 cm³/mol. The summed E-state index contributed by atoms with van der Waals surface area (Å²) >= 11 is 0. The molecule has 2 aromatic rings. The van der Waals surface area contributed by atoms with Crippen LogP contribution in [0.2, 0.25) is 0 Å². The average Bonchev–Trinajstić information content (AvgIpc) is 3.21. The standard InChI is InChI=1S/C14H14N2O3/c1-8-5-9-6-10(14(17)18-2)7-12(13(9)16-15-8)19-11-3-4-11/h5-7,11H,3-4H2,1-2H3. The number of hydrogen-bond acceptors (Lipinski definition) is 5. The maximum Gasteiger partial charge on any atom is 0.338 e. The van der Waals surface area contributed by atoms with Gasteiger partial charge in [0.05, 0.1) is 24.5 Å². The van der Waals surface area contributed by atoms with Crippen LogP contribution in [-0.2, 0) is 4.74 Å². The molecule has 0 atom stereocenters. The maximum atomic E-state index is 11.7. The van der Waals surface area contributed by atoms with E-state index in [0.717, 1.165) is 23.9 Å². The summed E-state index contributed by atoms with van der Waals surface area (Å²) in [5.41, 5.74) is 1.95. The summed E-state index contributed by atoms with van der Waals surface area (Å²) in [6, 6.07) is 5.31.